The molecule has 0 saturated carbocycles. The van der Waals surface area contributed by atoms with E-state index >= 15 is 0 Å². The van der Waals surface area contributed by atoms with E-state index in [0.29, 0.717) is 0 Å². The third-order valence-corrected chi connectivity index (χ3v) is 10.3. The third-order valence-electron chi connectivity index (χ3n) is 10.3. The Morgan fingerprint density at radius 2 is 0.569 bits per heavy atom. The van der Waals surface area contributed by atoms with Crippen molar-refractivity contribution in [1.82, 2.24) is 29.9 Å². The molecule has 6 nitrogen and oxygen atoms in total. The maximum Gasteiger partial charge on any atom is 0.0921 e. The van der Waals surface area contributed by atoms with Gasteiger partial charge < -0.3 is 0 Å². The van der Waals surface area contributed by atoms with Gasteiger partial charge in [0.25, 0.3) is 0 Å². The number of hydrogen-bond acceptors (Lipinski definition) is 6. The van der Waals surface area contributed by atoms with Gasteiger partial charge in [-0.25, -0.2) is 0 Å². The van der Waals surface area contributed by atoms with Crippen LogP contribution in [-0.2, 0) is 0 Å². The van der Waals surface area contributed by atoms with Gasteiger partial charge in [0.15, 0.2) is 0 Å². The van der Waals surface area contributed by atoms with Gasteiger partial charge in [0.2, 0.25) is 0 Å². The summed E-state index contributed by atoms with van der Waals surface area (Å²) in [5.41, 5.74) is 22.8. The lowest BCUT2D eigenvalue weighted by atomic mass is 9.76. The Bertz CT molecular complexity index is 2140. The average molecular weight is 667 g/mol. The van der Waals surface area contributed by atoms with Gasteiger partial charge in [0.05, 0.1) is 34.2 Å². The van der Waals surface area contributed by atoms with Crippen LogP contribution in [0.4, 0.5) is 0 Å². The van der Waals surface area contributed by atoms with Crippen molar-refractivity contribution in [3.05, 3.63) is 142 Å². The number of hydrogen-bond donors (Lipinski definition) is 0. The molecule has 1 aromatic carbocycles. The first-order chi connectivity index (χ1) is 24.6. The Morgan fingerprint density at radius 1 is 0.294 bits per heavy atom. The van der Waals surface area contributed by atoms with Crippen molar-refractivity contribution in [3.63, 3.8) is 0 Å². The van der Waals surface area contributed by atoms with E-state index in [4.69, 9.17) is 29.9 Å². The predicted molar refractivity (Wildman–Crippen MR) is 208 cm³/mol. The number of pyridine rings is 6. The van der Waals surface area contributed by atoms with E-state index in [-0.39, 0.29) is 0 Å². The Hall–Kier alpha value is -5.88. The number of nitrogens with zero attached hydrogens (tertiary/aromatic N) is 6. The van der Waals surface area contributed by atoms with Gasteiger partial charge in [0, 0.05) is 37.2 Å². The smallest absolute Gasteiger partial charge is 0.0921 e. The number of benzene rings is 1. The molecule has 51 heavy (non-hydrogen) atoms. The van der Waals surface area contributed by atoms with Crippen LogP contribution in [0.15, 0.2) is 91.8 Å². The first kappa shape index (κ1) is 33.6. The van der Waals surface area contributed by atoms with Crippen molar-refractivity contribution in [2.45, 2.75) is 62.3 Å². The van der Waals surface area contributed by atoms with Gasteiger partial charge in [-0.05, 0) is 182 Å². The molecule has 6 heteroatoms. The summed E-state index contributed by atoms with van der Waals surface area (Å²) in [5.74, 6) is 0. The summed E-state index contributed by atoms with van der Waals surface area (Å²) in [6, 6.07) is 18.0. The normalized spacial score (nSPS) is 11.2. The highest BCUT2D eigenvalue weighted by atomic mass is 14.8. The fourth-order valence-electron chi connectivity index (χ4n) is 7.99. The van der Waals surface area contributed by atoms with Gasteiger partial charge in [-0.1, -0.05) is 18.2 Å². The quantitative estimate of drug-likeness (QED) is 0.176. The van der Waals surface area contributed by atoms with E-state index in [1.807, 2.05) is 91.8 Å². The molecule has 6 aromatic heterocycles. The molecule has 0 unspecified atom stereocenters. The topological polar surface area (TPSA) is 77.3 Å². The zero-order valence-corrected chi connectivity index (χ0v) is 30.8. The van der Waals surface area contributed by atoms with Crippen LogP contribution in [0.3, 0.4) is 0 Å². The fraction of sp³-hybridized carbons (Fsp3) is 0.200. The zero-order valence-electron chi connectivity index (χ0n) is 30.8. The second-order valence-corrected chi connectivity index (χ2v) is 13.5. The SMILES string of the molecule is Cc1cnc(-c2ccccn2)c(C)c1-c1c(C)c(-c2c(C)cnc(-c3ccccn3)c2C)c(C)c(-c2c(C)cnc(-c3ccccn3)c2C)c1C. The lowest BCUT2D eigenvalue weighted by molar-refractivity contribution is 1.16. The molecular formula is C45H42N6. The molecule has 0 spiro atoms. The second kappa shape index (κ2) is 13.4. The third kappa shape index (κ3) is 5.71. The van der Waals surface area contributed by atoms with Crippen molar-refractivity contribution in [2.24, 2.45) is 0 Å². The van der Waals surface area contributed by atoms with Crippen LogP contribution < -0.4 is 0 Å². The lowest BCUT2D eigenvalue weighted by Gasteiger charge is -2.28. The van der Waals surface area contributed by atoms with Crippen LogP contribution in [0.25, 0.3) is 67.5 Å². The molecule has 0 fully saturated rings. The van der Waals surface area contributed by atoms with Crippen LogP contribution in [0.5, 0.6) is 0 Å². The van der Waals surface area contributed by atoms with E-state index in [1.54, 1.807) is 0 Å². The minimum atomic E-state index is 0.862. The highest BCUT2D eigenvalue weighted by Crippen LogP contribution is 2.49. The average Bonchev–Trinajstić information content (AvgIpc) is 3.13. The second-order valence-electron chi connectivity index (χ2n) is 13.5. The van der Waals surface area contributed by atoms with Gasteiger partial charge in [-0.3, -0.25) is 29.9 Å². The molecular weight excluding hydrogens is 625 g/mol. The highest BCUT2D eigenvalue weighted by molar-refractivity contribution is 5.97. The summed E-state index contributed by atoms with van der Waals surface area (Å²) in [4.78, 5) is 28.9. The van der Waals surface area contributed by atoms with E-state index in [2.05, 4.69) is 62.3 Å². The molecule has 7 rings (SSSR count). The predicted octanol–water partition coefficient (Wildman–Crippen LogP) is 10.8. The molecule has 0 aliphatic rings. The van der Waals surface area contributed by atoms with Gasteiger partial charge in [-0.15, -0.1) is 0 Å². The van der Waals surface area contributed by atoms with E-state index in [0.717, 1.165) is 67.5 Å². The van der Waals surface area contributed by atoms with Gasteiger partial charge >= 0.3 is 0 Å². The standard InChI is InChI=1S/C45H42N6/c1-25-22-49-43(34-16-10-13-19-46-34)31(7)37(25)40-28(4)41(38-26(2)23-50-44(32(38)8)35-17-11-14-20-47-35)30(6)42(29(40)5)39-27(3)24-51-45(33(39)9)36-18-12-15-21-48-36/h10-24H,1-9H3. The summed E-state index contributed by atoms with van der Waals surface area (Å²) in [6.07, 6.45) is 11.5. The Kier molecular flexibility index (Phi) is 8.86. The summed E-state index contributed by atoms with van der Waals surface area (Å²) in [5, 5.41) is 0. The van der Waals surface area contributed by atoms with E-state index in [9.17, 15) is 0 Å². The fourth-order valence-corrected chi connectivity index (χ4v) is 7.99. The summed E-state index contributed by atoms with van der Waals surface area (Å²) in [6.45, 7) is 19.9. The largest absolute Gasteiger partial charge is 0.255 e. The number of rotatable bonds is 6. The Morgan fingerprint density at radius 3 is 0.804 bits per heavy atom. The molecule has 6 heterocycles. The molecule has 0 amide bonds. The molecule has 252 valence electrons. The molecule has 0 N–H and O–H groups in total. The van der Waals surface area contributed by atoms with Crippen LogP contribution in [0.1, 0.15) is 50.1 Å². The highest BCUT2D eigenvalue weighted by Gasteiger charge is 2.28. The van der Waals surface area contributed by atoms with Crippen LogP contribution in [-0.4, -0.2) is 29.9 Å². The minimum Gasteiger partial charge on any atom is -0.255 e. The summed E-state index contributed by atoms with van der Waals surface area (Å²) in [7, 11) is 0. The Balaban J connectivity index is 1.63. The molecule has 0 radical (unpaired) electrons. The summed E-state index contributed by atoms with van der Waals surface area (Å²) >= 11 is 0. The maximum atomic E-state index is 4.93. The number of aromatic nitrogens is 6. The lowest BCUT2D eigenvalue weighted by Crippen LogP contribution is -2.08. The van der Waals surface area contributed by atoms with Gasteiger partial charge in [0.1, 0.15) is 0 Å². The first-order valence-corrected chi connectivity index (χ1v) is 17.4. The van der Waals surface area contributed by atoms with Crippen LogP contribution in [0, 0.1) is 62.3 Å². The van der Waals surface area contributed by atoms with Gasteiger partial charge in [-0.2, -0.15) is 0 Å². The molecule has 0 atom stereocenters. The van der Waals surface area contributed by atoms with Crippen molar-refractivity contribution >= 4 is 0 Å². The summed E-state index contributed by atoms with van der Waals surface area (Å²) < 4.78 is 0. The maximum absolute atomic E-state index is 4.93. The molecule has 0 saturated heterocycles. The van der Waals surface area contributed by atoms with Crippen molar-refractivity contribution < 1.29 is 0 Å². The van der Waals surface area contributed by atoms with E-state index in [1.165, 1.54) is 50.1 Å². The molecule has 7 aromatic rings. The van der Waals surface area contributed by atoms with Crippen LogP contribution >= 0.6 is 0 Å². The van der Waals surface area contributed by atoms with Crippen molar-refractivity contribution in [2.75, 3.05) is 0 Å². The van der Waals surface area contributed by atoms with Crippen molar-refractivity contribution in [3.8, 4) is 67.5 Å². The molecule has 0 bridgehead atoms. The molecule has 0 aliphatic heterocycles. The zero-order chi connectivity index (χ0) is 36.0. The molecule has 0 aliphatic carbocycles. The van der Waals surface area contributed by atoms with Crippen molar-refractivity contribution in [1.29, 1.82) is 0 Å². The Labute approximate surface area is 300 Å². The van der Waals surface area contributed by atoms with Crippen LogP contribution in [0.2, 0.25) is 0 Å². The first-order valence-electron chi connectivity index (χ1n) is 17.4. The monoisotopic (exact) mass is 666 g/mol. The number of aryl methyl sites for hydroxylation is 3. The minimum absolute atomic E-state index is 0.862. The van der Waals surface area contributed by atoms with E-state index < -0.39 is 0 Å².